The van der Waals surface area contributed by atoms with E-state index in [-0.39, 0.29) is 24.6 Å². The zero-order chi connectivity index (χ0) is 14.7. The number of nitrogens with two attached hydrogens (primary N) is 1. The van der Waals surface area contributed by atoms with Crippen molar-refractivity contribution >= 4 is 5.91 Å². The third-order valence-corrected chi connectivity index (χ3v) is 4.01. The van der Waals surface area contributed by atoms with Gasteiger partial charge in [0.25, 0.3) is 5.91 Å². The molecule has 1 aromatic carbocycles. The van der Waals surface area contributed by atoms with Gasteiger partial charge in [0.2, 0.25) is 0 Å². The molecule has 0 spiro atoms. The van der Waals surface area contributed by atoms with Crippen LogP contribution >= 0.6 is 0 Å². The summed E-state index contributed by atoms with van der Waals surface area (Å²) in [6.07, 6.45) is 3.25. The maximum absolute atomic E-state index is 11.9. The summed E-state index contributed by atoms with van der Waals surface area (Å²) in [6.45, 7) is 4.04. The van der Waals surface area contributed by atoms with Crippen LogP contribution in [0.5, 0.6) is 5.75 Å². The lowest BCUT2D eigenvalue weighted by molar-refractivity contribution is -0.133. The van der Waals surface area contributed by atoms with Crippen LogP contribution in [0.1, 0.15) is 43.9 Å². The minimum Gasteiger partial charge on any atom is -0.484 e. The van der Waals surface area contributed by atoms with Crippen LogP contribution in [0.2, 0.25) is 0 Å². The van der Waals surface area contributed by atoms with Gasteiger partial charge in [0.1, 0.15) is 5.75 Å². The van der Waals surface area contributed by atoms with Gasteiger partial charge in [-0.25, -0.2) is 0 Å². The predicted octanol–water partition coefficient (Wildman–Crippen LogP) is 2.27. The number of hydrogen-bond donors (Lipinski definition) is 1. The average molecular weight is 276 g/mol. The maximum atomic E-state index is 11.9. The smallest absolute Gasteiger partial charge is 0.260 e. The summed E-state index contributed by atoms with van der Waals surface area (Å²) in [5.41, 5.74) is 8.60. The number of aryl methyl sites for hydroxylation is 1. The van der Waals surface area contributed by atoms with Crippen molar-refractivity contribution in [2.45, 2.75) is 45.2 Å². The molecule has 0 radical (unpaired) electrons. The number of carbonyl (C=O) groups is 1. The molecule has 20 heavy (non-hydrogen) atoms. The minimum atomic E-state index is -0.0120. The van der Waals surface area contributed by atoms with Crippen molar-refractivity contribution in [3.63, 3.8) is 0 Å². The number of amides is 1. The fourth-order valence-corrected chi connectivity index (χ4v) is 2.44. The van der Waals surface area contributed by atoms with E-state index in [9.17, 15) is 4.79 Å². The number of rotatable bonds is 4. The highest BCUT2D eigenvalue weighted by molar-refractivity contribution is 5.77. The molecule has 4 nitrogen and oxygen atoms in total. The Morgan fingerprint density at radius 1 is 1.50 bits per heavy atom. The van der Waals surface area contributed by atoms with Gasteiger partial charge in [-0.05, 0) is 56.4 Å². The van der Waals surface area contributed by atoms with E-state index in [2.05, 4.69) is 6.07 Å². The molecule has 1 aliphatic carbocycles. The van der Waals surface area contributed by atoms with Gasteiger partial charge in [0, 0.05) is 19.1 Å². The Bertz CT molecular complexity index is 485. The second-order valence-electron chi connectivity index (χ2n) is 5.75. The molecule has 4 heteroatoms. The highest BCUT2D eigenvalue weighted by Crippen LogP contribution is 2.30. The molecule has 0 aromatic heterocycles. The molecular weight excluding hydrogens is 252 g/mol. The molecule has 1 aromatic rings. The number of nitrogens with zero attached hydrogens (tertiary/aromatic N) is 1. The van der Waals surface area contributed by atoms with Gasteiger partial charge in [-0.3, -0.25) is 4.79 Å². The van der Waals surface area contributed by atoms with Crippen LogP contribution in [0.3, 0.4) is 0 Å². The van der Waals surface area contributed by atoms with Gasteiger partial charge in [0.05, 0.1) is 0 Å². The van der Waals surface area contributed by atoms with E-state index in [1.165, 1.54) is 11.1 Å². The second kappa shape index (κ2) is 6.27. The average Bonchev–Trinajstić information content (AvgIpc) is 2.44. The second-order valence-corrected chi connectivity index (χ2v) is 5.75. The first-order valence-corrected chi connectivity index (χ1v) is 7.26. The van der Waals surface area contributed by atoms with Crippen LogP contribution in [0.15, 0.2) is 18.2 Å². The Kier molecular flexibility index (Phi) is 4.65. The van der Waals surface area contributed by atoms with Crippen molar-refractivity contribution in [2.24, 2.45) is 5.73 Å². The van der Waals surface area contributed by atoms with Crippen molar-refractivity contribution in [1.82, 2.24) is 4.90 Å². The van der Waals surface area contributed by atoms with Crippen LogP contribution in [0.25, 0.3) is 0 Å². The normalized spacial score (nSPS) is 17.8. The Labute approximate surface area is 120 Å². The van der Waals surface area contributed by atoms with Gasteiger partial charge in [-0.2, -0.15) is 0 Å². The molecule has 110 valence electrons. The van der Waals surface area contributed by atoms with Crippen LogP contribution in [0.4, 0.5) is 0 Å². The number of fused-ring (bicyclic) bond motifs is 1. The van der Waals surface area contributed by atoms with E-state index in [1.54, 1.807) is 11.9 Å². The van der Waals surface area contributed by atoms with E-state index in [0.717, 1.165) is 25.0 Å². The summed E-state index contributed by atoms with van der Waals surface area (Å²) in [4.78, 5) is 13.6. The molecule has 0 heterocycles. The lowest BCUT2D eigenvalue weighted by Gasteiger charge is -2.24. The third-order valence-electron chi connectivity index (χ3n) is 4.01. The van der Waals surface area contributed by atoms with Crippen LogP contribution in [-0.4, -0.2) is 30.5 Å². The van der Waals surface area contributed by atoms with Gasteiger partial charge < -0.3 is 15.4 Å². The lowest BCUT2D eigenvalue weighted by Crippen LogP contribution is -2.36. The van der Waals surface area contributed by atoms with Crippen LogP contribution < -0.4 is 10.5 Å². The molecule has 0 unspecified atom stereocenters. The van der Waals surface area contributed by atoms with E-state index in [4.69, 9.17) is 10.5 Å². The van der Waals surface area contributed by atoms with Gasteiger partial charge in [-0.15, -0.1) is 0 Å². The highest BCUT2D eigenvalue weighted by Gasteiger charge is 2.18. The third kappa shape index (κ3) is 3.31. The van der Waals surface area contributed by atoms with Crippen molar-refractivity contribution in [2.75, 3.05) is 13.7 Å². The molecule has 0 bridgehead atoms. The molecule has 1 amide bonds. The van der Waals surface area contributed by atoms with Crippen molar-refractivity contribution in [3.05, 3.63) is 29.3 Å². The number of benzene rings is 1. The van der Waals surface area contributed by atoms with Gasteiger partial charge >= 0.3 is 0 Å². The molecule has 2 N–H and O–H groups in total. The number of carbonyl (C=O) groups excluding carboxylic acids is 1. The number of hydrogen-bond acceptors (Lipinski definition) is 3. The molecule has 1 aliphatic rings. The van der Waals surface area contributed by atoms with Gasteiger partial charge in [-0.1, -0.05) is 6.07 Å². The highest BCUT2D eigenvalue weighted by atomic mass is 16.5. The topological polar surface area (TPSA) is 55.6 Å². The summed E-state index contributed by atoms with van der Waals surface area (Å²) >= 11 is 0. The molecule has 0 saturated heterocycles. The Morgan fingerprint density at radius 2 is 2.25 bits per heavy atom. The first kappa shape index (κ1) is 14.9. The zero-order valence-electron chi connectivity index (χ0n) is 12.6. The number of ether oxygens (including phenoxy) is 1. The van der Waals surface area contributed by atoms with E-state index < -0.39 is 0 Å². The zero-order valence-corrected chi connectivity index (χ0v) is 12.6. The Morgan fingerprint density at radius 3 is 2.95 bits per heavy atom. The predicted molar refractivity (Wildman–Crippen MR) is 79.7 cm³/mol. The molecule has 1 atom stereocenters. The minimum absolute atomic E-state index is 0.0120. The summed E-state index contributed by atoms with van der Waals surface area (Å²) < 4.78 is 5.61. The summed E-state index contributed by atoms with van der Waals surface area (Å²) in [6, 6.07) is 6.26. The van der Waals surface area contributed by atoms with E-state index in [1.807, 2.05) is 26.0 Å². The molecule has 0 aliphatic heterocycles. The van der Waals surface area contributed by atoms with E-state index >= 15 is 0 Å². The lowest BCUT2D eigenvalue weighted by atomic mass is 9.88. The first-order valence-electron chi connectivity index (χ1n) is 7.26. The molecular formula is C16H24N2O2. The number of likely N-dealkylation sites (N-methyl/N-ethyl adjacent to an activating group) is 1. The molecule has 0 saturated carbocycles. The van der Waals surface area contributed by atoms with Crippen LogP contribution in [-0.2, 0) is 11.2 Å². The summed E-state index contributed by atoms with van der Waals surface area (Å²) in [5, 5.41) is 0. The van der Waals surface area contributed by atoms with Crippen molar-refractivity contribution in [1.29, 1.82) is 0 Å². The maximum Gasteiger partial charge on any atom is 0.260 e. The van der Waals surface area contributed by atoms with Gasteiger partial charge in [0.15, 0.2) is 6.61 Å². The largest absolute Gasteiger partial charge is 0.484 e. The fourth-order valence-electron chi connectivity index (χ4n) is 2.44. The quantitative estimate of drug-likeness (QED) is 0.918. The molecule has 0 fully saturated rings. The standard InChI is InChI=1S/C16H24N2O2/c1-11(2)18(3)16(19)10-20-13-8-7-12-5-4-6-15(17)14(12)9-13/h7-9,11,15H,4-6,10,17H2,1-3H3/t15-/m0/s1. The molecule has 2 rings (SSSR count). The first-order chi connectivity index (χ1) is 9.49. The summed E-state index contributed by atoms with van der Waals surface area (Å²) in [5.74, 6) is 0.716. The monoisotopic (exact) mass is 276 g/mol. The Balaban J connectivity index is 2.01. The van der Waals surface area contributed by atoms with Crippen LogP contribution in [0, 0.1) is 0 Å². The SMILES string of the molecule is CC(C)N(C)C(=O)COc1ccc2c(c1)[C@@H](N)CCC2. The Hall–Kier alpha value is -1.55. The summed E-state index contributed by atoms with van der Waals surface area (Å²) in [7, 11) is 1.79. The van der Waals surface area contributed by atoms with Crippen molar-refractivity contribution < 1.29 is 9.53 Å². The van der Waals surface area contributed by atoms with E-state index in [0.29, 0.717) is 0 Å². The van der Waals surface area contributed by atoms with Crippen molar-refractivity contribution in [3.8, 4) is 5.75 Å². The fraction of sp³-hybridized carbons (Fsp3) is 0.562.